The van der Waals surface area contributed by atoms with Crippen LogP contribution >= 0.6 is 11.8 Å². The molecular formula is C17H19NO2S. The van der Waals surface area contributed by atoms with Crippen LogP contribution in [-0.4, -0.2) is 19.5 Å². The lowest BCUT2D eigenvalue weighted by atomic mass is 9.99. The van der Waals surface area contributed by atoms with Crippen molar-refractivity contribution < 1.29 is 9.47 Å². The summed E-state index contributed by atoms with van der Waals surface area (Å²) in [5, 5.41) is 0. The quantitative estimate of drug-likeness (QED) is 0.880. The van der Waals surface area contributed by atoms with Crippen LogP contribution in [0.15, 0.2) is 47.4 Å². The number of ether oxygens (including phenoxy) is 2. The first-order valence-electron chi connectivity index (χ1n) is 7.07. The summed E-state index contributed by atoms with van der Waals surface area (Å²) in [6, 6.07) is 14.1. The number of nitrogens with two attached hydrogens (primary N) is 1. The lowest BCUT2D eigenvalue weighted by Crippen LogP contribution is -2.13. The molecule has 3 rings (SSSR count). The summed E-state index contributed by atoms with van der Waals surface area (Å²) in [4.78, 5) is 1.21. The molecule has 2 aromatic rings. The van der Waals surface area contributed by atoms with Crippen molar-refractivity contribution >= 4 is 11.8 Å². The Bertz CT molecular complexity index is 630. The van der Waals surface area contributed by atoms with Gasteiger partial charge >= 0.3 is 0 Å². The molecule has 21 heavy (non-hydrogen) atoms. The fourth-order valence-electron chi connectivity index (χ4n) is 2.48. The molecule has 0 aliphatic carbocycles. The number of hydrogen-bond acceptors (Lipinski definition) is 4. The van der Waals surface area contributed by atoms with Gasteiger partial charge < -0.3 is 15.2 Å². The van der Waals surface area contributed by atoms with E-state index in [4.69, 9.17) is 15.2 Å². The van der Waals surface area contributed by atoms with Crippen LogP contribution in [0.25, 0.3) is 0 Å². The Kier molecular flexibility index (Phi) is 4.36. The number of benzene rings is 2. The zero-order valence-electron chi connectivity index (χ0n) is 12.0. The third-order valence-electron chi connectivity index (χ3n) is 3.60. The van der Waals surface area contributed by atoms with Gasteiger partial charge in [0.1, 0.15) is 0 Å². The average molecular weight is 301 g/mol. The smallest absolute Gasteiger partial charge is 0.161 e. The van der Waals surface area contributed by atoms with Crippen LogP contribution in [0.3, 0.4) is 0 Å². The van der Waals surface area contributed by atoms with Crippen molar-refractivity contribution in [3.05, 3.63) is 53.6 Å². The minimum Gasteiger partial charge on any atom is -0.490 e. The number of thioether (sulfide) groups is 1. The molecule has 0 spiro atoms. The van der Waals surface area contributed by atoms with E-state index in [0.717, 1.165) is 29.0 Å². The van der Waals surface area contributed by atoms with Gasteiger partial charge in [0, 0.05) is 11.3 Å². The molecule has 2 N–H and O–H groups in total. The summed E-state index contributed by atoms with van der Waals surface area (Å²) in [6.45, 7) is 1.39. The summed E-state index contributed by atoms with van der Waals surface area (Å²) in [6.07, 6.45) is 2.98. The third kappa shape index (κ3) is 3.01. The summed E-state index contributed by atoms with van der Waals surface area (Å²) >= 11 is 1.71. The molecule has 4 heteroatoms. The van der Waals surface area contributed by atoms with Crippen LogP contribution in [0.5, 0.6) is 11.5 Å². The fourth-order valence-corrected chi connectivity index (χ4v) is 3.12. The van der Waals surface area contributed by atoms with Gasteiger partial charge in [0.25, 0.3) is 0 Å². The van der Waals surface area contributed by atoms with Crippen LogP contribution in [-0.2, 0) is 0 Å². The predicted octanol–water partition coefficient (Wildman–Crippen LogP) is 3.62. The Balaban J connectivity index is 1.94. The molecule has 0 aromatic heterocycles. The van der Waals surface area contributed by atoms with Gasteiger partial charge in [0.05, 0.1) is 19.3 Å². The zero-order valence-corrected chi connectivity index (χ0v) is 12.9. The second-order valence-corrected chi connectivity index (χ2v) is 5.82. The molecule has 110 valence electrons. The maximum absolute atomic E-state index is 6.46. The van der Waals surface area contributed by atoms with Crippen LogP contribution in [0.4, 0.5) is 0 Å². The Morgan fingerprint density at radius 3 is 2.62 bits per heavy atom. The Morgan fingerprint density at radius 1 is 1.05 bits per heavy atom. The fraction of sp³-hybridized carbons (Fsp3) is 0.294. The Morgan fingerprint density at radius 2 is 1.81 bits per heavy atom. The van der Waals surface area contributed by atoms with E-state index in [0.29, 0.717) is 13.2 Å². The van der Waals surface area contributed by atoms with Crippen LogP contribution in [0.1, 0.15) is 23.6 Å². The predicted molar refractivity (Wildman–Crippen MR) is 86.3 cm³/mol. The molecule has 3 nitrogen and oxygen atoms in total. The van der Waals surface area contributed by atoms with Crippen molar-refractivity contribution in [2.75, 3.05) is 19.5 Å². The number of hydrogen-bond donors (Lipinski definition) is 1. The van der Waals surface area contributed by atoms with Crippen molar-refractivity contribution in [3.8, 4) is 11.5 Å². The molecule has 0 saturated heterocycles. The Labute approximate surface area is 129 Å². The topological polar surface area (TPSA) is 44.5 Å². The number of rotatable bonds is 3. The molecule has 0 bridgehead atoms. The zero-order chi connectivity index (χ0) is 14.7. The minimum atomic E-state index is -0.161. The highest BCUT2D eigenvalue weighted by atomic mass is 32.2. The first-order chi connectivity index (χ1) is 10.3. The van der Waals surface area contributed by atoms with Gasteiger partial charge in [-0.3, -0.25) is 0 Å². The monoisotopic (exact) mass is 301 g/mol. The van der Waals surface area contributed by atoms with Gasteiger partial charge in [-0.1, -0.05) is 24.3 Å². The lowest BCUT2D eigenvalue weighted by Gasteiger charge is -2.17. The summed E-state index contributed by atoms with van der Waals surface area (Å²) < 4.78 is 11.4. The van der Waals surface area contributed by atoms with Crippen LogP contribution in [0.2, 0.25) is 0 Å². The van der Waals surface area contributed by atoms with Crippen molar-refractivity contribution in [1.82, 2.24) is 0 Å². The molecule has 1 aliphatic heterocycles. The molecule has 1 aliphatic rings. The summed E-state index contributed by atoms with van der Waals surface area (Å²) in [5.74, 6) is 1.60. The van der Waals surface area contributed by atoms with E-state index in [1.807, 2.05) is 30.3 Å². The lowest BCUT2D eigenvalue weighted by molar-refractivity contribution is 0.297. The highest BCUT2D eigenvalue weighted by Gasteiger charge is 2.16. The summed E-state index contributed by atoms with van der Waals surface area (Å²) in [7, 11) is 0. The van der Waals surface area contributed by atoms with Gasteiger partial charge in [-0.25, -0.2) is 0 Å². The molecule has 0 amide bonds. The normalized spacial score (nSPS) is 15.3. The van der Waals surface area contributed by atoms with E-state index in [1.54, 1.807) is 11.8 Å². The largest absolute Gasteiger partial charge is 0.490 e. The second kappa shape index (κ2) is 6.41. The van der Waals surface area contributed by atoms with Crippen LogP contribution < -0.4 is 15.2 Å². The van der Waals surface area contributed by atoms with Crippen molar-refractivity contribution in [2.24, 2.45) is 5.73 Å². The third-order valence-corrected chi connectivity index (χ3v) is 4.42. The highest BCUT2D eigenvalue weighted by Crippen LogP contribution is 2.35. The van der Waals surface area contributed by atoms with Gasteiger partial charge in [-0.2, -0.15) is 0 Å². The minimum absolute atomic E-state index is 0.161. The number of fused-ring (bicyclic) bond motifs is 1. The molecule has 2 aromatic carbocycles. The Hall–Kier alpha value is -1.65. The molecule has 0 fully saturated rings. The van der Waals surface area contributed by atoms with Gasteiger partial charge in [-0.05, 0) is 35.6 Å². The van der Waals surface area contributed by atoms with Crippen molar-refractivity contribution in [1.29, 1.82) is 0 Å². The van der Waals surface area contributed by atoms with Crippen molar-refractivity contribution in [2.45, 2.75) is 17.4 Å². The van der Waals surface area contributed by atoms with Gasteiger partial charge in [0.15, 0.2) is 11.5 Å². The van der Waals surface area contributed by atoms with E-state index < -0.39 is 0 Å². The van der Waals surface area contributed by atoms with Gasteiger partial charge in [0.2, 0.25) is 0 Å². The molecule has 0 radical (unpaired) electrons. The standard InChI is InChI=1S/C17H19NO2S/c1-21-16-6-3-2-5-13(16)17(18)12-7-8-14-15(11-12)20-10-4-9-19-14/h2-3,5-8,11,17H,4,9-10,18H2,1H3. The molecular weight excluding hydrogens is 282 g/mol. The maximum atomic E-state index is 6.46. The molecule has 0 saturated carbocycles. The van der Waals surface area contributed by atoms with E-state index in [1.165, 1.54) is 4.90 Å². The van der Waals surface area contributed by atoms with Gasteiger partial charge in [-0.15, -0.1) is 11.8 Å². The molecule has 1 unspecified atom stereocenters. The molecule has 1 atom stereocenters. The first kappa shape index (κ1) is 14.3. The van der Waals surface area contributed by atoms with Crippen LogP contribution in [0, 0.1) is 0 Å². The summed E-state index contributed by atoms with van der Waals surface area (Å²) in [5.41, 5.74) is 8.64. The average Bonchev–Trinajstić information content (AvgIpc) is 2.78. The molecule has 1 heterocycles. The van der Waals surface area contributed by atoms with E-state index >= 15 is 0 Å². The maximum Gasteiger partial charge on any atom is 0.161 e. The highest BCUT2D eigenvalue weighted by molar-refractivity contribution is 7.98. The SMILES string of the molecule is CSc1ccccc1C(N)c1ccc2c(c1)OCCCO2. The van der Waals surface area contributed by atoms with E-state index in [9.17, 15) is 0 Å². The van der Waals surface area contributed by atoms with Crippen molar-refractivity contribution in [3.63, 3.8) is 0 Å². The first-order valence-corrected chi connectivity index (χ1v) is 8.30. The second-order valence-electron chi connectivity index (χ2n) is 4.98. The van der Waals surface area contributed by atoms with E-state index in [2.05, 4.69) is 18.4 Å². The van der Waals surface area contributed by atoms with E-state index in [-0.39, 0.29) is 6.04 Å².